The Balaban J connectivity index is 1.36. The van der Waals surface area contributed by atoms with E-state index in [1.807, 2.05) is 24.3 Å². The number of rotatable bonds is 7. The van der Waals surface area contributed by atoms with Gasteiger partial charge >= 0.3 is 0 Å². The van der Waals surface area contributed by atoms with Crippen molar-refractivity contribution in [1.29, 1.82) is 0 Å². The lowest BCUT2D eigenvalue weighted by molar-refractivity contribution is -0.122. The summed E-state index contributed by atoms with van der Waals surface area (Å²) in [6.45, 7) is 0.797. The van der Waals surface area contributed by atoms with E-state index in [9.17, 15) is 9.59 Å². The van der Waals surface area contributed by atoms with Gasteiger partial charge in [-0.3, -0.25) is 9.59 Å². The van der Waals surface area contributed by atoms with E-state index in [1.165, 1.54) is 0 Å². The average molecular weight is 373 g/mol. The largest absolute Gasteiger partial charge is 0.492 e. The van der Waals surface area contributed by atoms with Gasteiger partial charge in [0, 0.05) is 23.0 Å². The maximum Gasteiger partial charge on any atom is 0.227 e. The van der Waals surface area contributed by atoms with Crippen molar-refractivity contribution in [3.8, 4) is 5.75 Å². The molecule has 2 aromatic rings. The first-order valence-corrected chi connectivity index (χ1v) is 9.03. The monoisotopic (exact) mass is 372 g/mol. The normalized spacial score (nSPS) is 15.7. The molecule has 0 aromatic heterocycles. The Morgan fingerprint density at radius 3 is 2.77 bits per heavy atom. The summed E-state index contributed by atoms with van der Waals surface area (Å²) >= 11 is 5.81. The van der Waals surface area contributed by atoms with Crippen molar-refractivity contribution < 1.29 is 14.3 Å². The maximum atomic E-state index is 12.1. The molecular weight excluding hydrogens is 352 g/mol. The van der Waals surface area contributed by atoms with Gasteiger partial charge in [-0.15, -0.1) is 0 Å². The molecule has 0 spiro atoms. The highest BCUT2D eigenvalue weighted by atomic mass is 35.5. The van der Waals surface area contributed by atoms with Gasteiger partial charge in [0.1, 0.15) is 12.4 Å². The number of hydrogen-bond acceptors (Lipinski definition) is 3. The van der Waals surface area contributed by atoms with Crippen LogP contribution in [0.5, 0.6) is 5.75 Å². The van der Waals surface area contributed by atoms with E-state index >= 15 is 0 Å². The van der Waals surface area contributed by atoms with Crippen LogP contribution in [-0.2, 0) is 16.0 Å². The fourth-order valence-corrected chi connectivity index (χ4v) is 3.06. The minimum absolute atomic E-state index is 0.0115. The molecule has 3 rings (SSSR count). The number of halogens is 1. The molecule has 1 aliphatic rings. The molecule has 0 bridgehead atoms. The van der Waals surface area contributed by atoms with Crippen molar-refractivity contribution in [1.82, 2.24) is 5.32 Å². The number of benzene rings is 2. The van der Waals surface area contributed by atoms with Crippen molar-refractivity contribution in [3.05, 3.63) is 59.1 Å². The highest BCUT2D eigenvalue weighted by molar-refractivity contribution is 6.30. The van der Waals surface area contributed by atoms with Crippen LogP contribution in [0.2, 0.25) is 5.02 Å². The van der Waals surface area contributed by atoms with Gasteiger partial charge in [0.2, 0.25) is 11.8 Å². The molecule has 1 aliphatic heterocycles. The van der Waals surface area contributed by atoms with Crippen LogP contribution in [0, 0.1) is 5.92 Å². The van der Waals surface area contributed by atoms with E-state index in [-0.39, 0.29) is 17.7 Å². The Kier molecular flexibility index (Phi) is 6.12. The predicted octanol–water partition coefficient (Wildman–Crippen LogP) is 3.43. The number of anilines is 1. The lowest BCUT2D eigenvalue weighted by Crippen LogP contribution is -2.32. The van der Waals surface area contributed by atoms with Crippen LogP contribution in [0.15, 0.2) is 48.5 Å². The Hall–Kier alpha value is -2.53. The molecule has 6 heteroatoms. The zero-order valence-corrected chi connectivity index (χ0v) is 15.1. The molecule has 2 amide bonds. The number of carbonyl (C=O) groups is 2. The summed E-state index contributed by atoms with van der Waals surface area (Å²) in [4.78, 5) is 24.1. The smallest absolute Gasteiger partial charge is 0.227 e. The minimum Gasteiger partial charge on any atom is -0.492 e. The van der Waals surface area contributed by atoms with Crippen LogP contribution in [-0.4, -0.2) is 25.0 Å². The average Bonchev–Trinajstić information content (AvgIpc) is 2.65. The summed E-state index contributed by atoms with van der Waals surface area (Å²) in [5, 5.41) is 6.38. The predicted molar refractivity (Wildman–Crippen MR) is 101 cm³/mol. The van der Waals surface area contributed by atoms with Crippen LogP contribution in [0.4, 0.5) is 5.69 Å². The molecule has 1 heterocycles. The van der Waals surface area contributed by atoms with Crippen molar-refractivity contribution in [2.75, 3.05) is 18.5 Å². The zero-order chi connectivity index (χ0) is 18.4. The Bertz CT molecular complexity index is 777. The standard InChI is InChI=1S/C20H21ClN2O3/c21-16-6-8-17(9-7-16)26-12-11-22-19(24)10-5-15-13-14-3-1-2-4-18(14)23-20(15)25/h1-4,6-9,15H,5,10-13H2,(H,22,24)(H,23,25). The summed E-state index contributed by atoms with van der Waals surface area (Å²) in [6, 6.07) is 14.8. The van der Waals surface area contributed by atoms with Crippen LogP contribution in [0.1, 0.15) is 18.4 Å². The highest BCUT2D eigenvalue weighted by Gasteiger charge is 2.26. The maximum absolute atomic E-state index is 12.1. The first kappa shape index (κ1) is 18.3. The first-order valence-electron chi connectivity index (χ1n) is 8.65. The molecule has 0 radical (unpaired) electrons. The molecule has 2 aromatic carbocycles. The van der Waals surface area contributed by atoms with Gasteiger partial charge in [-0.05, 0) is 48.7 Å². The molecule has 5 nitrogen and oxygen atoms in total. The quantitative estimate of drug-likeness (QED) is 0.732. The molecule has 1 atom stereocenters. The fraction of sp³-hybridized carbons (Fsp3) is 0.300. The third-order valence-electron chi connectivity index (χ3n) is 4.34. The van der Waals surface area contributed by atoms with Gasteiger partial charge in [-0.2, -0.15) is 0 Å². The number of hydrogen-bond donors (Lipinski definition) is 2. The number of fused-ring (bicyclic) bond motifs is 1. The highest BCUT2D eigenvalue weighted by Crippen LogP contribution is 2.27. The third kappa shape index (κ3) is 4.99. The van der Waals surface area contributed by atoms with Gasteiger partial charge < -0.3 is 15.4 Å². The SMILES string of the molecule is O=C(CCC1Cc2ccccc2NC1=O)NCCOc1ccc(Cl)cc1. The van der Waals surface area contributed by atoms with Gasteiger partial charge in [0.15, 0.2) is 0 Å². The number of carbonyl (C=O) groups excluding carboxylic acids is 2. The molecule has 26 heavy (non-hydrogen) atoms. The summed E-state index contributed by atoms with van der Waals surface area (Å²) in [7, 11) is 0. The fourth-order valence-electron chi connectivity index (χ4n) is 2.93. The van der Waals surface area contributed by atoms with Crippen molar-refractivity contribution >= 4 is 29.1 Å². The van der Waals surface area contributed by atoms with Gasteiger partial charge in [-0.25, -0.2) is 0 Å². The van der Waals surface area contributed by atoms with Crippen LogP contribution in [0.25, 0.3) is 0 Å². The number of amides is 2. The summed E-state index contributed by atoms with van der Waals surface area (Å²) in [5.74, 6) is 0.459. The van der Waals surface area contributed by atoms with Crippen LogP contribution < -0.4 is 15.4 Å². The van der Waals surface area contributed by atoms with E-state index < -0.39 is 0 Å². The van der Waals surface area contributed by atoms with Crippen LogP contribution in [0.3, 0.4) is 0 Å². The molecular formula is C20H21ClN2O3. The van der Waals surface area contributed by atoms with Crippen LogP contribution >= 0.6 is 11.6 Å². The summed E-state index contributed by atoms with van der Waals surface area (Å²) in [5.41, 5.74) is 1.99. The van der Waals surface area contributed by atoms with Gasteiger partial charge in [0.05, 0.1) is 6.54 Å². The van der Waals surface area contributed by atoms with E-state index in [0.29, 0.717) is 43.2 Å². The lowest BCUT2D eigenvalue weighted by atomic mass is 9.89. The second-order valence-electron chi connectivity index (χ2n) is 6.24. The summed E-state index contributed by atoms with van der Waals surface area (Å²) in [6.07, 6.45) is 1.53. The van der Waals surface area contributed by atoms with E-state index in [2.05, 4.69) is 10.6 Å². The van der Waals surface area contributed by atoms with Gasteiger partial charge in [0.25, 0.3) is 0 Å². The second-order valence-corrected chi connectivity index (χ2v) is 6.67. The second kappa shape index (κ2) is 8.72. The molecule has 0 fully saturated rings. The molecule has 0 saturated carbocycles. The molecule has 136 valence electrons. The van der Waals surface area contributed by atoms with E-state index in [4.69, 9.17) is 16.3 Å². The number of nitrogens with one attached hydrogen (secondary N) is 2. The molecule has 2 N–H and O–H groups in total. The van der Waals surface area contributed by atoms with E-state index in [1.54, 1.807) is 24.3 Å². The Morgan fingerprint density at radius 1 is 1.19 bits per heavy atom. The van der Waals surface area contributed by atoms with Crippen molar-refractivity contribution in [2.24, 2.45) is 5.92 Å². The van der Waals surface area contributed by atoms with Gasteiger partial charge in [-0.1, -0.05) is 29.8 Å². The third-order valence-corrected chi connectivity index (χ3v) is 4.59. The Labute approximate surface area is 157 Å². The topological polar surface area (TPSA) is 67.4 Å². The number of ether oxygens (including phenoxy) is 1. The lowest BCUT2D eigenvalue weighted by Gasteiger charge is -2.24. The van der Waals surface area contributed by atoms with E-state index in [0.717, 1.165) is 11.3 Å². The molecule has 1 unspecified atom stereocenters. The van der Waals surface area contributed by atoms with Crippen molar-refractivity contribution in [3.63, 3.8) is 0 Å². The molecule has 0 aliphatic carbocycles. The first-order chi connectivity index (χ1) is 12.6. The minimum atomic E-state index is -0.166. The summed E-state index contributed by atoms with van der Waals surface area (Å²) < 4.78 is 5.52. The Morgan fingerprint density at radius 2 is 1.96 bits per heavy atom. The zero-order valence-electron chi connectivity index (χ0n) is 14.3. The molecule has 0 saturated heterocycles. The number of para-hydroxylation sites is 1. The van der Waals surface area contributed by atoms with Crippen molar-refractivity contribution in [2.45, 2.75) is 19.3 Å².